The second-order valence-electron chi connectivity index (χ2n) is 8.66. The standard InChI is InChI=1S/C23H29N3O5S/c1-16(27)26(19-8-6-5-7-9-19)21-24-18(15-32-21)14-30-20(28)17-10-12-25(13-11-17)22(29)31-23(2,3)4/h5-9,15,17H,10-14H2,1-4H3. The van der Waals surface area contributed by atoms with Gasteiger partial charge in [0.2, 0.25) is 5.91 Å². The second-order valence-corrected chi connectivity index (χ2v) is 9.50. The van der Waals surface area contributed by atoms with Crippen LogP contribution in [0.3, 0.4) is 0 Å². The number of likely N-dealkylation sites (tertiary alicyclic amines) is 1. The van der Waals surface area contributed by atoms with Crippen molar-refractivity contribution in [3.05, 3.63) is 41.4 Å². The summed E-state index contributed by atoms with van der Waals surface area (Å²) in [5, 5.41) is 2.31. The summed E-state index contributed by atoms with van der Waals surface area (Å²) in [6.07, 6.45) is 0.715. The van der Waals surface area contributed by atoms with Crippen molar-refractivity contribution in [3.8, 4) is 0 Å². The molecule has 2 aromatic rings. The molecule has 0 N–H and O–H groups in total. The number of anilines is 2. The Morgan fingerprint density at radius 2 is 1.81 bits per heavy atom. The van der Waals surface area contributed by atoms with Crippen molar-refractivity contribution in [2.75, 3.05) is 18.0 Å². The zero-order valence-corrected chi connectivity index (χ0v) is 19.7. The lowest BCUT2D eigenvalue weighted by molar-refractivity contribution is -0.151. The fraction of sp³-hybridized carbons (Fsp3) is 0.478. The van der Waals surface area contributed by atoms with E-state index in [2.05, 4.69) is 4.98 Å². The zero-order chi connectivity index (χ0) is 23.3. The third-order valence-corrected chi connectivity index (χ3v) is 5.78. The quantitative estimate of drug-likeness (QED) is 0.611. The maximum atomic E-state index is 12.5. The predicted molar refractivity (Wildman–Crippen MR) is 122 cm³/mol. The number of hydrogen-bond acceptors (Lipinski definition) is 7. The number of piperidine rings is 1. The zero-order valence-electron chi connectivity index (χ0n) is 18.9. The Balaban J connectivity index is 1.51. The Morgan fingerprint density at radius 1 is 1.16 bits per heavy atom. The fourth-order valence-electron chi connectivity index (χ4n) is 3.36. The van der Waals surface area contributed by atoms with Gasteiger partial charge in [-0.3, -0.25) is 14.5 Å². The first kappa shape index (κ1) is 23.7. The lowest BCUT2D eigenvalue weighted by Gasteiger charge is -2.32. The molecule has 2 amide bonds. The average Bonchev–Trinajstić information content (AvgIpc) is 3.20. The van der Waals surface area contributed by atoms with Gasteiger partial charge in [-0.25, -0.2) is 9.78 Å². The molecule has 1 aromatic carbocycles. The summed E-state index contributed by atoms with van der Waals surface area (Å²) < 4.78 is 10.9. The molecule has 32 heavy (non-hydrogen) atoms. The van der Waals surface area contributed by atoms with Crippen LogP contribution in [0.1, 0.15) is 46.2 Å². The number of carbonyl (C=O) groups excluding carboxylic acids is 3. The second kappa shape index (κ2) is 10.1. The van der Waals surface area contributed by atoms with Crippen LogP contribution >= 0.6 is 11.3 Å². The van der Waals surface area contributed by atoms with E-state index in [-0.39, 0.29) is 30.5 Å². The van der Waals surface area contributed by atoms with E-state index in [1.165, 1.54) is 23.2 Å². The van der Waals surface area contributed by atoms with E-state index >= 15 is 0 Å². The van der Waals surface area contributed by atoms with E-state index in [1.807, 2.05) is 51.1 Å². The summed E-state index contributed by atoms with van der Waals surface area (Å²) in [5.41, 5.74) is 0.777. The summed E-state index contributed by atoms with van der Waals surface area (Å²) in [5.74, 6) is -0.703. The molecule has 1 fully saturated rings. The highest BCUT2D eigenvalue weighted by Crippen LogP contribution is 2.29. The SMILES string of the molecule is CC(=O)N(c1ccccc1)c1nc(COC(=O)C2CCN(C(=O)OC(C)(C)C)CC2)cs1. The number of para-hydroxylation sites is 1. The number of hydrogen-bond donors (Lipinski definition) is 0. The smallest absolute Gasteiger partial charge is 0.410 e. The summed E-state index contributed by atoms with van der Waals surface area (Å²) in [7, 11) is 0. The molecule has 0 aliphatic carbocycles. The molecule has 2 heterocycles. The van der Waals surface area contributed by atoms with Gasteiger partial charge in [0.1, 0.15) is 12.2 Å². The van der Waals surface area contributed by atoms with Crippen molar-refractivity contribution in [1.82, 2.24) is 9.88 Å². The van der Waals surface area contributed by atoms with Crippen molar-refractivity contribution >= 4 is 40.1 Å². The van der Waals surface area contributed by atoms with Crippen molar-refractivity contribution in [1.29, 1.82) is 0 Å². The molecule has 172 valence electrons. The Labute approximate surface area is 192 Å². The van der Waals surface area contributed by atoms with Gasteiger partial charge in [-0.15, -0.1) is 11.3 Å². The van der Waals surface area contributed by atoms with E-state index in [4.69, 9.17) is 9.47 Å². The Hall–Kier alpha value is -2.94. The minimum absolute atomic E-state index is 0.0438. The molecule has 1 aliphatic rings. The topological polar surface area (TPSA) is 89.0 Å². The first-order valence-corrected chi connectivity index (χ1v) is 11.5. The summed E-state index contributed by atoms with van der Waals surface area (Å²) in [6.45, 7) is 7.93. The van der Waals surface area contributed by atoms with Crippen LogP contribution in [0.4, 0.5) is 15.6 Å². The molecule has 0 saturated carbocycles. The van der Waals surface area contributed by atoms with Gasteiger partial charge in [0, 0.05) is 25.4 Å². The molecular formula is C23H29N3O5S. The van der Waals surface area contributed by atoms with E-state index in [0.29, 0.717) is 36.8 Å². The molecule has 1 aliphatic heterocycles. The van der Waals surface area contributed by atoms with Crippen LogP contribution in [0, 0.1) is 5.92 Å². The maximum Gasteiger partial charge on any atom is 0.410 e. The summed E-state index contributed by atoms with van der Waals surface area (Å²) >= 11 is 1.32. The number of rotatable bonds is 5. The number of nitrogens with zero attached hydrogens (tertiary/aromatic N) is 3. The number of esters is 1. The summed E-state index contributed by atoms with van der Waals surface area (Å²) in [4.78, 5) is 44.4. The van der Waals surface area contributed by atoms with Gasteiger partial charge in [0.25, 0.3) is 0 Å². The number of aromatic nitrogens is 1. The minimum atomic E-state index is -0.544. The monoisotopic (exact) mass is 459 g/mol. The van der Waals surface area contributed by atoms with Crippen LogP contribution in [-0.2, 0) is 25.7 Å². The van der Waals surface area contributed by atoms with Gasteiger partial charge in [-0.05, 0) is 45.7 Å². The number of amides is 2. The first-order chi connectivity index (χ1) is 15.1. The Morgan fingerprint density at radius 3 is 2.41 bits per heavy atom. The number of benzene rings is 1. The molecule has 0 spiro atoms. The first-order valence-electron chi connectivity index (χ1n) is 10.6. The highest BCUT2D eigenvalue weighted by molar-refractivity contribution is 7.14. The van der Waals surface area contributed by atoms with Gasteiger partial charge in [0.15, 0.2) is 5.13 Å². The van der Waals surface area contributed by atoms with Gasteiger partial charge < -0.3 is 14.4 Å². The third kappa shape index (κ3) is 6.29. The highest BCUT2D eigenvalue weighted by atomic mass is 32.1. The minimum Gasteiger partial charge on any atom is -0.459 e. The average molecular weight is 460 g/mol. The lowest BCUT2D eigenvalue weighted by Crippen LogP contribution is -2.43. The third-order valence-electron chi connectivity index (χ3n) is 4.90. The van der Waals surface area contributed by atoms with Crippen LogP contribution in [0.2, 0.25) is 0 Å². The fourth-order valence-corrected chi connectivity index (χ4v) is 4.23. The largest absolute Gasteiger partial charge is 0.459 e. The van der Waals surface area contributed by atoms with Crippen molar-refractivity contribution < 1.29 is 23.9 Å². The molecule has 1 saturated heterocycles. The van der Waals surface area contributed by atoms with Gasteiger partial charge in [0.05, 0.1) is 17.3 Å². The summed E-state index contributed by atoms with van der Waals surface area (Å²) in [6, 6.07) is 9.27. The molecular weight excluding hydrogens is 430 g/mol. The van der Waals surface area contributed by atoms with Gasteiger partial charge >= 0.3 is 12.1 Å². The molecule has 1 aromatic heterocycles. The van der Waals surface area contributed by atoms with Crippen molar-refractivity contribution in [2.24, 2.45) is 5.92 Å². The van der Waals surface area contributed by atoms with Crippen LogP contribution in [0.5, 0.6) is 0 Å². The van der Waals surface area contributed by atoms with Crippen LogP contribution in [-0.4, -0.2) is 46.5 Å². The molecule has 0 bridgehead atoms. The van der Waals surface area contributed by atoms with Crippen molar-refractivity contribution in [2.45, 2.75) is 52.7 Å². The molecule has 0 radical (unpaired) electrons. The Bertz CT molecular complexity index is 946. The Kier molecular flexibility index (Phi) is 7.50. The van der Waals surface area contributed by atoms with E-state index in [1.54, 1.807) is 10.3 Å². The number of thiazole rings is 1. The van der Waals surface area contributed by atoms with Gasteiger partial charge in [-0.2, -0.15) is 0 Å². The molecule has 0 unspecified atom stereocenters. The van der Waals surface area contributed by atoms with E-state index < -0.39 is 5.60 Å². The predicted octanol–water partition coefficient (Wildman–Crippen LogP) is 4.52. The van der Waals surface area contributed by atoms with Crippen molar-refractivity contribution in [3.63, 3.8) is 0 Å². The normalized spacial score (nSPS) is 14.7. The van der Waals surface area contributed by atoms with E-state index in [9.17, 15) is 14.4 Å². The van der Waals surface area contributed by atoms with Crippen LogP contribution in [0.15, 0.2) is 35.7 Å². The van der Waals surface area contributed by atoms with Gasteiger partial charge in [-0.1, -0.05) is 18.2 Å². The molecule has 0 atom stereocenters. The molecule has 8 nitrogen and oxygen atoms in total. The lowest BCUT2D eigenvalue weighted by atomic mass is 9.97. The van der Waals surface area contributed by atoms with E-state index in [0.717, 1.165) is 5.69 Å². The maximum absolute atomic E-state index is 12.5. The number of ether oxygens (including phenoxy) is 2. The van der Waals surface area contributed by atoms with Crippen LogP contribution < -0.4 is 4.90 Å². The highest BCUT2D eigenvalue weighted by Gasteiger charge is 2.31. The number of carbonyl (C=O) groups is 3. The van der Waals surface area contributed by atoms with Crippen LogP contribution in [0.25, 0.3) is 0 Å². The molecule has 9 heteroatoms. The molecule has 3 rings (SSSR count).